The fourth-order valence-corrected chi connectivity index (χ4v) is 1.69. The number of benzene rings is 1. The molecule has 3 N–H and O–H groups in total. The maximum atomic E-state index is 9.87. The largest absolute Gasteiger partial charge is 0.399 e. The maximum Gasteiger partial charge on any atom is 0.102 e. The van der Waals surface area contributed by atoms with Gasteiger partial charge in [-0.25, -0.2) is 0 Å². The molecule has 1 heterocycles. The zero-order chi connectivity index (χ0) is 11.4. The van der Waals surface area contributed by atoms with Gasteiger partial charge in [0, 0.05) is 12.3 Å². The van der Waals surface area contributed by atoms with E-state index in [-0.39, 0.29) is 6.10 Å². The molecular formula is C12H17NO3. The lowest BCUT2D eigenvalue weighted by Crippen LogP contribution is -2.17. The molecule has 0 bridgehead atoms. The van der Waals surface area contributed by atoms with E-state index >= 15 is 0 Å². The quantitative estimate of drug-likeness (QED) is 0.750. The van der Waals surface area contributed by atoms with Gasteiger partial charge in [0.1, 0.15) is 6.10 Å². The zero-order valence-corrected chi connectivity index (χ0v) is 9.13. The van der Waals surface area contributed by atoms with Crippen LogP contribution >= 0.6 is 0 Å². The van der Waals surface area contributed by atoms with Crippen molar-refractivity contribution >= 4 is 5.69 Å². The van der Waals surface area contributed by atoms with Crippen LogP contribution in [0.15, 0.2) is 24.3 Å². The fraction of sp³-hybridized carbons (Fsp3) is 0.500. The summed E-state index contributed by atoms with van der Waals surface area (Å²) < 4.78 is 10.7. The van der Waals surface area contributed by atoms with Gasteiger partial charge in [-0.15, -0.1) is 0 Å². The number of aliphatic hydroxyl groups is 1. The van der Waals surface area contributed by atoms with Gasteiger partial charge in [0.2, 0.25) is 0 Å². The highest BCUT2D eigenvalue weighted by Crippen LogP contribution is 2.17. The molecule has 2 rings (SSSR count). The van der Waals surface area contributed by atoms with Crippen molar-refractivity contribution in [2.24, 2.45) is 0 Å². The van der Waals surface area contributed by atoms with Crippen LogP contribution in [0, 0.1) is 0 Å². The van der Waals surface area contributed by atoms with Crippen LogP contribution < -0.4 is 5.73 Å². The average Bonchev–Trinajstić information content (AvgIpc) is 2.80. The fourth-order valence-electron chi connectivity index (χ4n) is 1.69. The van der Waals surface area contributed by atoms with Gasteiger partial charge in [-0.2, -0.15) is 0 Å². The second-order valence-electron chi connectivity index (χ2n) is 4.00. The smallest absolute Gasteiger partial charge is 0.102 e. The van der Waals surface area contributed by atoms with Crippen molar-refractivity contribution in [1.82, 2.24) is 0 Å². The molecule has 1 fully saturated rings. The SMILES string of the molecule is Nc1ccc(C(O)COC2CCOC2)cc1. The summed E-state index contributed by atoms with van der Waals surface area (Å²) in [7, 11) is 0. The molecule has 0 radical (unpaired) electrons. The van der Waals surface area contributed by atoms with E-state index in [0.717, 1.165) is 18.6 Å². The predicted molar refractivity (Wildman–Crippen MR) is 61.0 cm³/mol. The van der Waals surface area contributed by atoms with E-state index in [1.807, 2.05) is 12.1 Å². The molecule has 1 aliphatic rings. The van der Waals surface area contributed by atoms with Gasteiger partial charge in [0.05, 0.1) is 19.3 Å². The molecule has 0 aromatic heterocycles. The van der Waals surface area contributed by atoms with Gasteiger partial charge in [-0.05, 0) is 24.1 Å². The van der Waals surface area contributed by atoms with E-state index in [2.05, 4.69) is 0 Å². The van der Waals surface area contributed by atoms with Crippen molar-refractivity contribution in [1.29, 1.82) is 0 Å². The van der Waals surface area contributed by atoms with Gasteiger partial charge in [0.15, 0.2) is 0 Å². The van der Waals surface area contributed by atoms with Crippen molar-refractivity contribution in [3.8, 4) is 0 Å². The minimum Gasteiger partial charge on any atom is -0.399 e. The van der Waals surface area contributed by atoms with Crippen LogP contribution in [-0.2, 0) is 9.47 Å². The Morgan fingerprint density at radius 2 is 2.19 bits per heavy atom. The second kappa shape index (κ2) is 5.30. The van der Waals surface area contributed by atoms with Gasteiger partial charge in [-0.3, -0.25) is 0 Å². The topological polar surface area (TPSA) is 64.7 Å². The molecule has 0 amide bonds. The molecule has 0 saturated carbocycles. The molecule has 1 aromatic carbocycles. The summed E-state index contributed by atoms with van der Waals surface area (Å²) in [4.78, 5) is 0. The van der Waals surface area contributed by atoms with Crippen LogP contribution in [0.5, 0.6) is 0 Å². The molecule has 4 heteroatoms. The van der Waals surface area contributed by atoms with Crippen LogP contribution in [0.25, 0.3) is 0 Å². The summed E-state index contributed by atoms with van der Waals surface area (Å²) in [6, 6.07) is 7.18. The molecule has 16 heavy (non-hydrogen) atoms. The van der Waals surface area contributed by atoms with Gasteiger partial charge in [-0.1, -0.05) is 12.1 Å². The van der Waals surface area contributed by atoms with Crippen LogP contribution in [-0.4, -0.2) is 31.0 Å². The standard InChI is InChI=1S/C12H17NO3/c13-10-3-1-9(2-4-10)12(14)8-16-11-5-6-15-7-11/h1-4,11-12,14H,5-8,13H2. The summed E-state index contributed by atoms with van der Waals surface area (Å²) >= 11 is 0. The third-order valence-corrected chi connectivity index (χ3v) is 2.70. The molecule has 0 spiro atoms. The van der Waals surface area contributed by atoms with E-state index in [4.69, 9.17) is 15.2 Å². The maximum absolute atomic E-state index is 9.87. The second-order valence-corrected chi connectivity index (χ2v) is 4.00. The van der Waals surface area contributed by atoms with Crippen molar-refractivity contribution < 1.29 is 14.6 Å². The van der Waals surface area contributed by atoms with Crippen molar-refractivity contribution in [2.75, 3.05) is 25.6 Å². The molecular weight excluding hydrogens is 206 g/mol. The molecule has 0 aliphatic carbocycles. The summed E-state index contributed by atoms with van der Waals surface area (Å²) in [5.74, 6) is 0. The summed E-state index contributed by atoms with van der Waals surface area (Å²) in [6.45, 7) is 1.69. The monoisotopic (exact) mass is 223 g/mol. The highest BCUT2D eigenvalue weighted by molar-refractivity contribution is 5.39. The Labute approximate surface area is 95.0 Å². The van der Waals surface area contributed by atoms with Crippen LogP contribution in [0.4, 0.5) is 5.69 Å². The lowest BCUT2D eigenvalue weighted by atomic mass is 10.1. The first-order valence-electron chi connectivity index (χ1n) is 5.48. The Balaban J connectivity index is 1.82. The molecule has 1 aliphatic heterocycles. The van der Waals surface area contributed by atoms with Gasteiger partial charge >= 0.3 is 0 Å². The van der Waals surface area contributed by atoms with Crippen molar-refractivity contribution in [2.45, 2.75) is 18.6 Å². The first-order chi connectivity index (χ1) is 7.75. The zero-order valence-electron chi connectivity index (χ0n) is 9.13. The van der Waals surface area contributed by atoms with Gasteiger partial charge < -0.3 is 20.3 Å². The van der Waals surface area contributed by atoms with E-state index < -0.39 is 6.10 Å². The number of aliphatic hydroxyl groups excluding tert-OH is 1. The molecule has 4 nitrogen and oxygen atoms in total. The Kier molecular flexibility index (Phi) is 3.77. The van der Waals surface area contributed by atoms with E-state index in [1.165, 1.54) is 0 Å². The first kappa shape index (κ1) is 11.4. The number of anilines is 1. The minimum absolute atomic E-state index is 0.128. The van der Waals surface area contributed by atoms with Crippen molar-refractivity contribution in [3.05, 3.63) is 29.8 Å². The van der Waals surface area contributed by atoms with Crippen molar-refractivity contribution in [3.63, 3.8) is 0 Å². The first-order valence-corrected chi connectivity index (χ1v) is 5.48. The highest BCUT2D eigenvalue weighted by atomic mass is 16.5. The number of nitrogen functional groups attached to an aromatic ring is 1. The van der Waals surface area contributed by atoms with E-state index in [0.29, 0.717) is 18.9 Å². The molecule has 1 saturated heterocycles. The lowest BCUT2D eigenvalue weighted by molar-refractivity contribution is -0.0131. The predicted octanol–water partition coefficient (Wildman–Crippen LogP) is 1.11. The summed E-state index contributed by atoms with van der Waals surface area (Å²) in [6.07, 6.45) is 0.443. The Morgan fingerprint density at radius 1 is 1.44 bits per heavy atom. The molecule has 2 unspecified atom stereocenters. The number of rotatable bonds is 4. The number of ether oxygens (including phenoxy) is 2. The third-order valence-electron chi connectivity index (χ3n) is 2.70. The van der Waals surface area contributed by atoms with Gasteiger partial charge in [0.25, 0.3) is 0 Å². The molecule has 1 aromatic rings. The number of hydrogen-bond donors (Lipinski definition) is 2. The molecule has 2 atom stereocenters. The average molecular weight is 223 g/mol. The minimum atomic E-state index is -0.596. The molecule has 88 valence electrons. The van der Waals surface area contributed by atoms with Crippen LogP contribution in [0.2, 0.25) is 0 Å². The van der Waals surface area contributed by atoms with Crippen LogP contribution in [0.1, 0.15) is 18.1 Å². The normalized spacial score (nSPS) is 22.2. The Bertz CT molecular complexity index is 320. The van der Waals surface area contributed by atoms with E-state index in [9.17, 15) is 5.11 Å². The highest BCUT2D eigenvalue weighted by Gasteiger charge is 2.18. The third kappa shape index (κ3) is 2.95. The number of nitrogens with two attached hydrogens (primary N) is 1. The Morgan fingerprint density at radius 3 is 2.81 bits per heavy atom. The van der Waals surface area contributed by atoms with E-state index in [1.54, 1.807) is 12.1 Å². The number of hydrogen-bond acceptors (Lipinski definition) is 4. The summed E-state index contributed by atoms with van der Waals surface area (Å²) in [5.41, 5.74) is 7.09. The summed E-state index contributed by atoms with van der Waals surface area (Å²) in [5, 5.41) is 9.87. The van der Waals surface area contributed by atoms with Crippen LogP contribution in [0.3, 0.4) is 0 Å². The lowest BCUT2D eigenvalue weighted by Gasteiger charge is -2.15. The Hall–Kier alpha value is -1.10.